The van der Waals surface area contributed by atoms with Gasteiger partial charge in [-0.25, -0.2) is 12.8 Å². The lowest BCUT2D eigenvalue weighted by Crippen LogP contribution is -2.01. The molecule has 0 heterocycles. The van der Waals surface area contributed by atoms with Gasteiger partial charge < -0.3 is 0 Å². The highest BCUT2D eigenvalue weighted by molar-refractivity contribution is 7.90. The van der Waals surface area contributed by atoms with Gasteiger partial charge in [0, 0.05) is 22.9 Å². The van der Waals surface area contributed by atoms with Gasteiger partial charge in [-0.15, -0.1) is 0 Å². The summed E-state index contributed by atoms with van der Waals surface area (Å²) in [6, 6.07) is 10.1. The summed E-state index contributed by atoms with van der Waals surface area (Å²) in [6.45, 7) is 1.37. The van der Waals surface area contributed by atoms with E-state index >= 15 is 0 Å². The molecule has 0 saturated heterocycles. The van der Waals surface area contributed by atoms with E-state index in [1.807, 2.05) is 0 Å². The van der Waals surface area contributed by atoms with Gasteiger partial charge in [-0.05, 0) is 31.2 Å². The molecule has 104 valence electrons. The summed E-state index contributed by atoms with van der Waals surface area (Å²) >= 11 is 0. The molecular formula is C15H13FO3S. The summed E-state index contributed by atoms with van der Waals surface area (Å²) < 4.78 is 37.5. The van der Waals surface area contributed by atoms with Crippen molar-refractivity contribution in [1.29, 1.82) is 0 Å². The Morgan fingerprint density at radius 1 is 1.05 bits per heavy atom. The molecule has 0 unspecified atom stereocenters. The molecule has 0 fully saturated rings. The smallest absolute Gasteiger partial charge is 0.176 e. The number of carbonyl (C=O) groups excluding carboxylic acids is 1. The fraction of sp³-hybridized carbons (Fsp3) is 0.133. The van der Waals surface area contributed by atoms with Gasteiger partial charge in [-0.3, -0.25) is 4.79 Å². The summed E-state index contributed by atoms with van der Waals surface area (Å²) in [7, 11) is -3.48. The third kappa shape index (κ3) is 2.77. The van der Waals surface area contributed by atoms with E-state index in [4.69, 9.17) is 0 Å². The second-order valence-corrected chi connectivity index (χ2v) is 6.50. The Kier molecular flexibility index (Phi) is 3.72. The van der Waals surface area contributed by atoms with E-state index in [9.17, 15) is 17.6 Å². The fourth-order valence-electron chi connectivity index (χ4n) is 1.96. The molecule has 0 aliphatic rings. The minimum atomic E-state index is -3.48. The first-order valence-electron chi connectivity index (χ1n) is 5.90. The first-order valence-corrected chi connectivity index (χ1v) is 7.80. The Morgan fingerprint density at radius 2 is 1.70 bits per heavy atom. The lowest BCUT2D eigenvalue weighted by Gasteiger charge is -2.10. The van der Waals surface area contributed by atoms with Crippen LogP contribution in [0.3, 0.4) is 0 Å². The maximum absolute atomic E-state index is 14.0. The highest BCUT2D eigenvalue weighted by atomic mass is 32.2. The largest absolute Gasteiger partial charge is 0.295 e. The number of ketones is 1. The number of hydrogen-bond donors (Lipinski definition) is 0. The van der Waals surface area contributed by atoms with E-state index in [-0.39, 0.29) is 21.8 Å². The first kappa shape index (κ1) is 14.4. The van der Waals surface area contributed by atoms with Crippen LogP contribution in [0.5, 0.6) is 0 Å². The number of rotatable bonds is 3. The van der Waals surface area contributed by atoms with Gasteiger partial charge in [-0.1, -0.05) is 18.2 Å². The highest BCUT2D eigenvalue weighted by Crippen LogP contribution is 2.30. The predicted molar refractivity (Wildman–Crippen MR) is 75.0 cm³/mol. The summed E-state index contributed by atoms with van der Waals surface area (Å²) in [5.74, 6) is -0.769. The van der Waals surface area contributed by atoms with Crippen molar-refractivity contribution in [1.82, 2.24) is 0 Å². The number of Topliss-reactive ketones (excluding diaryl/α,β-unsaturated/α-hetero) is 1. The number of carbonyl (C=O) groups is 1. The molecule has 0 N–H and O–H groups in total. The van der Waals surface area contributed by atoms with E-state index in [1.54, 1.807) is 12.1 Å². The van der Waals surface area contributed by atoms with Crippen LogP contribution < -0.4 is 0 Å². The topological polar surface area (TPSA) is 51.2 Å². The molecule has 0 atom stereocenters. The van der Waals surface area contributed by atoms with Crippen molar-refractivity contribution in [2.75, 3.05) is 6.26 Å². The Bertz CT molecular complexity index is 779. The zero-order chi connectivity index (χ0) is 14.9. The summed E-state index contributed by atoms with van der Waals surface area (Å²) in [6.07, 6.45) is 1.07. The zero-order valence-electron chi connectivity index (χ0n) is 11.1. The molecule has 0 aliphatic carbocycles. The normalized spacial score (nSPS) is 11.3. The van der Waals surface area contributed by atoms with Gasteiger partial charge in [0.25, 0.3) is 0 Å². The van der Waals surface area contributed by atoms with E-state index in [1.165, 1.54) is 37.3 Å². The number of hydrogen-bond acceptors (Lipinski definition) is 3. The van der Waals surface area contributed by atoms with Crippen LogP contribution in [0, 0.1) is 5.82 Å². The van der Waals surface area contributed by atoms with E-state index in [0.29, 0.717) is 5.56 Å². The van der Waals surface area contributed by atoms with Crippen LogP contribution in [-0.4, -0.2) is 20.5 Å². The predicted octanol–water partition coefficient (Wildman–Crippen LogP) is 3.10. The molecule has 0 saturated carbocycles. The molecule has 2 aromatic rings. The van der Waals surface area contributed by atoms with Crippen molar-refractivity contribution in [2.45, 2.75) is 11.8 Å². The summed E-state index contributed by atoms with van der Waals surface area (Å²) in [5, 5.41) is 0. The van der Waals surface area contributed by atoms with E-state index in [0.717, 1.165) is 6.26 Å². The maximum Gasteiger partial charge on any atom is 0.176 e. The first-order chi connectivity index (χ1) is 9.30. The minimum absolute atomic E-state index is 0.0413. The third-order valence-electron chi connectivity index (χ3n) is 2.95. The Hall–Kier alpha value is -2.01. The standard InChI is InChI=1S/C15H13FO3S/c1-10(17)11-7-8-14(16)13(9-11)12-5-3-4-6-15(12)20(2,18)19/h3-9H,1-2H3. The molecule has 0 amide bonds. The average Bonchev–Trinajstić information content (AvgIpc) is 2.38. The lowest BCUT2D eigenvalue weighted by atomic mass is 10.0. The third-order valence-corrected chi connectivity index (χ3v) is 4.10. The Balaban J connectivity index is 2.75. The molecule has 0 aliphatic heterocycles. The minimum Gasteiger partial charge on any atom is -0.295 e. The van der Waals surface area contributed by atoms with Crippen LogP contribution >= 0.6 is 0 Å². The van der Waals surface area contributed by atoms with E-state index < -0.39 is 15.7 Å². The van der Waals surface area contributed by atoms with Gasteiger partial charge in [-0.2, -0.15) is 0 Å². The monoisotopic (exact) mass is 292 g/mol. The van der Waals surface area contributed by atoms with Crippen LogP contribution in [0.1, 0.15) is 17.3 Å². The fourth-order valence-corrected chi connectivity index (χ4v) is 2.87. The van der Waals surface area contributed by atoms with Crippen molar-refractivity contribution in [2.24, 2.45) is 0 Å². The second-order valence-electron chi connectivity index (χ2n) is 4.52. The van der Waals surface area contributed by atoms with Crippen LogP contribution in [0.4, 0.5) is 4.39 Å². The lowest BCUT2D eigenvalue weighted by molar-refractivity contribution is 0.101. The van der Waals surface area contributed by atoms with Gasteiger partial charge in [0.15, 0.2) is 15.6 Å². The number of benzene rings is 2. The Morgan fingerprint density at radius 3 is 2.30 bits per heavy atom. The molecule has 0 radical (unpaired) electrons. The van der Waals surface area contributed by atoms with Crippen LogP contribution in [-0.2, 0) is 9.84 Å². The molecule has 0 bridgehead atoms. The van der Waals surface area contributed by atoms with Gasteiger partial charge in [0.1, 0.15) is 5.82 Å². The number of sulfone groups is 1. The van der Waals surface area contributed by atoms with Crippen molar-refractivity contribution in [3.63, 3.8) is 0 Å². The van der Waals surface area contributed by atoms with Gasteiger partial charge >= 0.3 is 0 Å². The highest BCUT2D eigenvalue weighted by Gasteiger charge is 2.17. The summed E-state index contributed by atoms with van der Waals surface area (Å²) in [5.41, 5.74) is 0.707. The van der Waals surface area contributed by atoms with E-state index in [2.05, 4.69) is 0 Å². The van der Waals surface area contributed by atoms with Crippen molar-refractivity contribution < 1.29 is 17.6 Å². The molecule has 3 nitrogen and oxygen atoms in total. The SMILES string of the molecule is CC(=O)c1ccc(F)c(-c2ccccc2S(C)(=O)=O)c1. The van der Waals surface area contributed by atoms with Crippen molar-refractivity contribution >= 4 is 15.6 Å². The number of halogens is 1. The van der Waals surface area contributed by atoms with Crippen molar-refractivity contribution in [3.05, 3.63) is 53.8 Å². The summed E-state index contributed by atoms with van der Waals surface area (Å²) in [4.78, 5) is 11.4. The molecule has 2 aromatic carbocycles. The zero-order valence-corrected chi connectivity index (χ0v) is 11.9. The van der Waals surface area contributed by atoms with Crippen molar-refractivity contribution in [3.8, 4) is 11.1 Å². The molecule has 0 spiro atoms. The second kappa shape index (κ2) is 5.17. The van der Waals surface area contributed by atoms with Gasteiger partial charge in [0.05, 0.1) is 4.90 Å². The average molecular weight is 292 g/mol. The molecular weight excluding hydrogens is 279 g/mol. The maximum atomic E-state index is 14.0. The van der Waals surface area contributed by atoms with Crippen LogP contribution in [0.15, 0.2) is 47.4 Å². The van der Waals surface area contributed by atoms with Crippen LogP contribution in [0.25, 0.3) is 11.1 Å². The quantitative estimate of drug-likeness (QED) is 0.817. The molecule has 5 heteroatoms. The molecule has 0 aromatic heterocycles. The Labute approximate surface area is 117 Å². The van der Waals surface area contributed by atoms with Gasteiger partial charge in [0.2, 0.25) is 0 Å². The molecule has 2 rings (SSSR count). The van der Waals surface area contributed by atoms with Crippen LogP contribution in [0.2, 0.25) is 0 Å². The molecule has 20 heavy (non-hydrogen) atoms.